The Morgan fingerprint density at radius 1 is 1.14 bits per heavy atom. The number of hydrogen-bond donors (Lipinski definition) is 4. The van der Waals surface area contributed by atoms with Crippen molar-refractivity contribution in [2.75, 3.05) is 0 Å². The first kappa shape index (κ1) is 18.4. The monoisotopic (exact) mass is 315 g/mol. The van der Waals surface area contributed by atoms with E-state index in [4.69, 9.17) is 10.2 Å². The molecule has 0 aliphatic carbocycles. The van der Waals surface area contributed by atoms with E-state index >= 15 is 0 Å². The number of aromatic nitrogens is 1. The second-order valence-electron chi connectivity index (χ2n) is 4.78. The van der Waals surface area contributed by atoms with E-state index in [9.17, 15) is 19.5 Å². The Morgan fingerprint density at radius 2 is 1.77 bits per heavy atom. The summed E-state index contributed by atoms with van der Waals surface area (Å²) >= 11 is 0. The molecule has 1 heterocycles. The Labute approximate surface area is 147 Å². The summed E-state index contributed by atoms with van der Waals surface area (Å²) < 4.78 is 0. The number of H-pyrrole nitrogens is 1. The van der Waals surface area contributed by atoms with Gasteiger partial charge >= 0.3 is 41.5 Å². The topological polar surface area (TPSA) is 128 Å². The summed E-state index contributed by atoms with van der Waals surface area (Å²) in [7, 11) is 0. The molecule has 0 saturated carbocycles. The molecule has 0 saturated heterocycles. The molecule has 1 atom stereocenters. The minimum absolute atomic E-state index is 0. The van der Waals surface area contributed by atoms with E-state index in [1.54, 1.807) is 24.3 Å². The predicted octanol–water partition coefficient (Wildman–Crippen LogP) is -0.0786. The summed E-state index contributed by atoms with van der Waals surface area (Å²) in [5.41, 5.74) is -1.21. The molecular weight excluding hydrogens is 301 g/mol. The third-order valence-corrected chi connectivity index (χ3v) is 3.25. The van der Waals surface area contributed by atoms with Crippen molar-refractivity contribution in [1.82, 2.24) is 4.98 Å². The van der Waals surface area contributed by atoms with Crippen LogP contribution in [0.2, 0.25) is 0 Å². The van der Waals surface area contributed by atoms with E-state index in [1.165, 1.54) is 6.20 Å². The first-order valence-electron chi connectivity index (χ1n) is 6.10. The van der Waals surface area contributed by atoms with Gasteiger partial charge in [0.15, 0.2) is 5.60 Å². The Kier molecular flexibility index (Phi) is 5.90. The van der Waals surface area contributed by atoms with E-state index < -0.39 is 29.7 Å². The van der Waals surface area contributed by atoms with Crippen molar-refractivity contribution in [3.05, 3.63) is 36.0 Å². The SMILES string of the molecule is O=C(O)C(=O)CC(O)(Cc1c[nH]c2ccccc12)C(=O)O.[NaH]. The van der Waals surface area contributed by atoms with E-state index in [0.29, 0.717) is 10.9 Å². The van der Waals surface area contributed by atoms with Crippen molar-refractivity contribution >= 4 is 58.2 Å². The number of rotatable bonds is 6. The van der Waals surface area contributed by atoms with Gasteiger partial charge in [-0.3, -0.25) is 4.79 Å². The zero-order valence-electron chi connectivity index (χ0n) is 10.9. The second-order valence-corrected chi connectivity index (χ2v) is 4.78. The number of carboxylic acids is 2. The molecule has 0 fully saturated rings. The van der Waals surface area contributed by atoms with Crippen LogP contribution in [0.4, 0.5) is 0 Å². The van der Waals surface area contributed by atoms with Gasteiger partial charge < -0.3 is 20.3 Å². The number of nitrogens with one attached hydrogen (secondary N) is 1. The molecular formula is C14H14NNaO6. The Morgan fingerprint density at radius 3 is 2.36 bits per heavy atom. The summed E-state index contributed by atoms with van der Waals surface area (Å²) in [6, 6.07) is 7.06. The number of aliphatic carboxylic acids is 2. The van der Waals surface area contributed by atoms with Crippen LogP contribution in [-0.2, 0) is 20.8 Å². The molecule has 0 radical (unpaired) electrons. The van der Waals surface area contributed by atoms with Crippen molar-refractivity contribution in [2.24, 2.45) is 0 Å². The van der Waals surface area contributed by atoms with Gasteiger partial charge in [-0.25, -0.2) is 9.59 Å². The molecule has 0 aliphatic heterocycles. The first-order chi connectivity index (χ1) is 9.83. The third-order valence-electron chi connectivity index (χ3n) is 3.25. The standard InChI is InChI=1S/C14H13NO6.Na.H/c16-11(12(17)18)6-14(21,13(19)20)5-8-7-15-10-4-2-1-3-9(8)10;;/h1-4,7,15,21H,5-6H2,(H,17,18)(H,19,20);;. The molecule has 4 N–H and O–H groups in total. The molecule has 7 nitrogen and oxygen atoms in total. The van der Waals surface area contributed by atoms with Gasteiger partial charge in [0.25, 0.3) is 0 Å². The third kappa shape index (κ3) is 3.75. The van der Waals surface area contributed by atoms with E-state index in [-0.39, 0.29) is 36.0 Å². The first-order valence-corrected chi connectivity index (χ1v) is 6.10. The van der Waals surface area contributed by atoms with Crippen molar-refractivity contribution in [1.29, 1.82) is 0 Å². The summed E-state index contributed by atoms with van der Waals surface area (Å²) in [5.74, 6) is -4.75. The van der Waals surface area contributed by atoms with Crippen LogP contribution in [0.3, 0.4) is 0 Å². The number of carboxylic acid groups (broad SMARTS) is 2. The summed E-state index contributed by atoms with van der Waals surface area (Å²) in [6.07, 6.45) is 0.173. The number of fused-ring (bicyclic) bond motifs is 1. The zero-order valence-corrected chi connectivity index (χ0v) is 10.9. The summed E-state index contributed by atoms with van der Waals surface area (Å²) in [6.45, 7) is 0. The van der Waals surface area contributed by atoms with Crippen LogP contribution >= 0.6 is 0 Å². The Hall–Kier alpha value is -1.67. The molecule has 0 aliphatic rings. The van der Waals surface area contributed by atoms with Crippen molar-refractivity contribution in [3.63, 3.8) is 0 Å². The van der Waals surface area contributed by atoms with Crippen LogP contribution in [-0.4, -0.2) is 73.2 Å². The maximum absolute atomic E-state index is 11.2. The number of hydrogen-bond acceptors (Lipinski definition) is 4. The average Bonchev–Trinajstić information content (AvgIpc) is 2.81. The minimum atomic E-state index is -2.46. The van der Waals surface area contributed by atoms with E-state index in [0.717, 1.165) is 5.52 Å². The van der Waals surface area contributed by atoms with Crippen LogP contribution in [0, 0.1) is 0 Å². The van der Waals surface area contributed by atoms with Crippen LogP contribution in [0.1, 0.15) is 12.0 Å². The molecule has 112 valence electrons. The average molecular weight is 315 g/mol. The Bertz CT molecular complexity index is 725. The van der Waals surface area contributed by atoms with Gasteiger partial charge in [-0.15, -0.1) is 0 Å². The quantitative estimate of drug-likeness (QED) is 0.436. The second kappa shape index (κ2) is 7.06. The van der Waals surface area contributed by atoms with Crippen molar-refractivity contribution in [2.45, 2.75) is 18.4 Å². The van der Waals surface area contributed by atoms with Gasteiger partial charge in [0.2, 0.25) is 5.78 Å². The number of benzene rings is 1. The van der Waals surface area contributed by atoms with Gasteiger partial charge in [-0.1, -0.05) is 18.2 Å². The molecule has 8 heteroatoms. The molecule has 22 heavy (non-hydrogen) atoms. The van der Waals surface area contributed by atoms with Crippen molar-refractivity contribution < 1.29 is 29.7 Å². The number of carbonyl (C=O) groups is 3. The fraction of sp³-hybridized carbons (Fsp3) is 0.214. The van der Waals surface area contributed by atoms with Crippen LogP contribution < -0.4 is 0 Å². The fourth-order valence-corrected chi connectivity index (χ4v) is 2.15. The van der Waals surface area contributed by atoms with Gasteiger partial charge in [0.05, 0.1) is 6.42 Å². The summed E-state index contributed by atoms with van der Waals surface area (Å²) in [4.78, 5) is 35.9. The molecule has 0 amide bonds. The molecule has 0 bridgehead atoms. The van der Waals surface area contributed by atoms with E-state index in [1.807, 2.05) is 0 Å². The van der Waals surface area contributed by atoms with Crippen LogP contribution in [0.15, 0.2) is 30.5 Å². The molecule has 1 unspecified atom stereocenters. The Balaban J connectivity index is 0.00000242. The van der Waals surface area contributed by atoms with Crippen LogP contribution in [0.5, 0.6) is 0 Å². The number of aliphatic hydroxyl groups is 1. The molecule has 1 aromatic carbocycles. The zero-order chi connectivity index (χ0) is 15.6. The van der Waals surface area contributed by atoms with Gasteiger partial charge in [0, 0.05) is 23.5 Å². The molecule has 0 spiro atoms. The number of aromatic amines is 1. The molecule has 1 aromatic heterocycles. The number of carbonyl (C=O) groups excluding carboxylic acids is 1. The van der Waals surface area contributed by atoms with Crippen LogP contribution in [0.25, 0.3) is 10.9 Å². The fourth-order valence-electron chi connectivity index (χ4n) is 2.15. The van der Waals surface area contributed by atoms with Crippen molar-refractivity contribution in [3.8, 4) is 0 Å². The normalized spacial score (nSPS) is 13.1. The van der Waals surface area contributed by atoms with Gasteiger partial charge in [0.1, 0.15) is 0 Å². The van der Waals surface area contributed by atoms with E-state index in [2.05, 4.69) is 4.98 Å². The number of para-hydroxylation sites is 1. The maximum atomic E-state index is 11.2. The predicted molar refractivity (Wildman–Crippen MR) is 79.0 cm³/mol. The summed E-state index contributed by atoms with van der Waals surface area (Å²) in [5, 5.41) is 28.5. The molecule has 2 rings (SSSR count). The number of Topliss-reactive ketones (excluding diaryl/α,β-unsaturated/α-hetero) is 1. The van der Waals surface area contributed by atoms with Gasteiger partial charge in [-0.05, 0) is 11.6 Å². The molecule has 2 aromatic rings. The van der Waals surface area contributed by atoms with Gasteiger partial charge in [-0.2, -0.15) is 0 Å². The number of ketones is 1.